The molecule has 3 rings (SSSR count). The number of para-hydroxylation sites is 1. The number of rotatable bonds is 7. The number of carbonyl (C=O) groups is 1. The van der Waals surface area contributed by atoms with Gasteiger partial charge in [-0.1, -0.05) is 29.8 Å². The zero-order valence-corrected chi connectivity index (χ0v) is 17.2. The quantitative estimate of drug-likeness (QED) is 0.686. The third-order valence-corrected chi connectivity index (χ3v) is 6.83. The van der Waals surface area contributed by atoms with Crippen LogP contribution in [0.1, 0.15) is 42.5 Å². The van der Waals surface area contributed by atoms with Crippen LogP contribution in [0.4, 0.5) is 10.1 Å². The van der Waals surface area contributed by atoms with Gasteiger partial charge in [0, 0.05) is 19.2 Å². The van der Waals surface area contributed by atoms with E-state index in [4.69, 9.17) is 0 Å². The molecule has 0 unspecified atom stereocenters. The normalized spacial score (nSPS) is 14.2. The highest BCUT2D eigenvalue weighted by Crippen LogP contribution is 2.25. The van der Waals surface area contributed by atoms with E-state index >= 15 is 0 Å². The van der Waals surface area contributed by atoms with Crippen molar-refractivity contribution >= 4 is 21.6 Å². The lowest BCUT2D eigenvalue weighted by molar-refractivity contribution is 0.0954. The average molecular weight is 417 g/mol. The molecule has 0 spiro atoms. The number of hydrogen-bond donors (Lipinski definition) is 1. The Balaban J connectivity index is 1.71. The van der Waals surface area contributed by atoms with Crippen molar-refractivity contribution in [3.63, 3.8) is 0 Å². The summed E-state index contributed by atoms with van der Waals surface area (Å²) >= 11 is 0. The van der Waals surface area contributed by atoms with Crippen LogP contribution < -0.4 is 9.62 Å². The van der Waals surface area contributed by atoms with Crippen molar-refractivity contribution in [2.75, 3.05) is 17.9 Å². The molecule has 1 aliphatic carbocycles. The van der Waals surface area contributed by atoms with Crippen LogP contribution in [0.5, 0.6) is 0 Å². The summed E-state index contributed by atoms with van der Waals surface area (Å²) in [5.74, 6) is -0.962. The van der Waals surface area contributed by atoms with Crippen molar-refractivity contribution in [2.24, 2.45) is 0 Å². The second kappa shape index (κ2) is 9.22. The minimum absolute atomic E-state index is 0.0527. The maximum absolute atomic E-state index is 14.0. The number of nitrogens with zero attached hydrogens (tertiary/aromatic N) is 1. The van der Waals surface area contributed by atoms with Crippen molar-refractivity contribution < 1.29 is 17.6 Å². The van der Waals surface area contributed by atoms with Crippen molar-refractivity contribution in [2.45, 2.75) is 37.0 Å². The molecule has 0 bridgehead atoms. The minimum atomic E-state index is -4.00. The number of halogens is 1. The number of anilines is 1. The molecule has 0 saturated heterocycles. The van der Waals surface area contributed by atoms with E-state index in [0.29, 0.717) is 6.54 Å². The van der Waals surface area contributed by atoms with Gasteiger partial charge >= 0.3 is 0 Å². The number of carbonyl (C=O) groups excluding carboxylic acids is 1. The molecule has 0 fully saturated rings. The number of hydrogen-bond acceptors (Lipinski definition) is 3. The molecule has 29 heavy (non-hydrogen) atoms. The van der Waals surface area contributed by atoms with Gasteiger partial charge in [-0.3, -0.25) is 9.10 Å². The fourth-order valence-corrected chi connectivity index (χ4v) is 4.61. The second-order valence-electron chi connectivity index (χ2n) is 7.07. The number of sulfonamides is 1. The van der Waals surface area contributed by atoms with Crippen LogP contribution in [0.3, 0.4) is 0 Å². The Labute approximate surface area is 171 Å². The Morgan fingerprint density at radius 1 is 1.14 bits per heavy atom. The smallest absolute Gasteiger partial charge is 0.264 e. The van der Waals surface area contributed by atoms with Crippen LogP contribution in [0.25, 0.3) is 0 Å². The number of benzene rings is 2. The third-order valence-electron chi connectivity index (χ3n) is 5.06. The molecule has 5 nitrogen and oxygen atoms in total. The lowest BCUT2D eigenvalue weighted by atomic mass is 9.97. The monoisotopic (exact) mass is 416 g/mol. The molecule has 2 aromatic rings. The number of amides is 1. The molecule has 0 saturated carbocycles. The SMILES string of the molecule is CN(c1ccccc1F)S(=O)(=O)c1cccc(C(=O)NCCC2=CCCCC2)c1. The van der Waals surface area contributed by atoms with E-state index in [0.717, 1.165) is 23.6 Å². The van der Waals surface area contributed by atoms with Gasteiger partial charge in [0.25, 0.3) is 15.9 Å². The van der Waals surface area contributed by atoms with E-state index in [1.165, 1.54) is 61.9 Å². The van der Waals surface area contributed by atoms with Crippen LogP contribution in [-0.2, 0) is 10.0 Å². The fraction of sp³-hybridized carbons (Fsp3) is 0.318. The summed E-state index contributed by atoms with van der Waals surface area (Å²) in [6.07, 6.45) is 7.62. The fourth-order valence-electron chi connectivity index (χ4n) is 3.36. The largest absolute Gasteiger partial charge is 0.352 e. The molecule has 2 aromatic carbocycles. The zero-order chi connectivity index (χ0) is 20.9. The van der Waals surface area contributed by atoms with Gasteiger partial charge in [-0.15, -0.1) is 0 Å². The lowest BCUT2D eigenvalue weighted by Gasteiger charge is -2.20. The van der Waals surface area contributed by atoms with Crippen LogP contribution in [-0.4, -0.2) is 27.9 Å². The van der Waals surface area contributed by atoms with E-state index < -0.39 is 15.8 Å². The molecule has 0 aliphatic heterocycles. The summed E-state index contributed by atoms with van der Waals surface area (Å²) in [6.45, 7) is 0.511. The first-order chi connectivity index (χ1) is 13.9. The predicted octanol–water partition coefficient (Wildman–Crippen LogP) is 4.27. The van der Waals surface area contributed by atoms with Crippen molar-refractivity contribution in [1.29, 1.82) is 0 Å². The molecule has 0 aromatic heterocycles. The molecule has 0 atom stereocenters. The van der Waals surface area contributed by atoms with Gasteiger partial charge in [-0.25, -0.2) is 12.8 Å². The molecule has 1 amide bonds. The van der Waals surface area contributed by atoms with E-state index in [1.807, 2.05) is 0 Å². The van der Waals surface area contributed by atoms with Gasteiger partial charge in [0.2, 0.25) is 0 Å². The lowest BCUT2D eigenvalue weighted by Crippen LogP contribution is -2.28. The van der Waals surface area contributed by atoms with Gasteiger partial charge < -0.3 is 5.32 Å². The molecule has 1 aliphatic rings. The van der Waals surface area contributed by atoms with Crippen molar-refractivity contribution in [3.8, 4) is 0 Å². The molecule has 7 heteroatoms. The molecular formula is C22H25FN2O3S. The Bertz CT molecular complexity index is 1020. The zero-order valence-electron chi connectivity index (χ0n) is 16.4. The maximum Gasteiger partial charge on any atom is 0.264 e. The van der Waals surface area contributed by atoms with E-state index in [2.05, 4.69) is 11.4 Å². The summed E-state index contributed by atoms with van der Waals surface area (Å²) in [5, 5.41) is 2.85. The second-order valence-corrected chi connectivity index (χ2v) is 9.04. The molecule has 0 radical (unpaired) electrons. The van der Waals surface area contributed by atoms with Crippen molar-refractivity contribution in [1.82, 2.24) is 5.32 Å². The average Bonchev–Trinajstić information content (AvgIpc) is 2.74. The van der Waals surface area contributed by atoms with Crippen LogP contribution in [0.2, 0.25) is 0 Å². The van der Waals surface area contributed by atoms with Gasteiger partial charge in [0.05, 0.1) is 10.6 Å². The standard InChI is InChI=1S/C22H25FN2O3S/c1-25(21-13-6-5-12-20(21)23)29(27,28)19-11-7-10-18(16-19)22(26)24-15-14-17-8-3-2-4-9-17/h5-8,10-13,16H,2-4,9,14-15H2,1H3,(H,24,26). The highest BCUT2D eigenvalue weighted by atomic mass is 32.2. The van der Waals surface area contributed by atoms with Crippen molar-refractivity contribution in [3.05, 3.63) is 71.6 Å². The topological polar surface area (TPSA) is 66.5 Å². The van der Waals surface area contributed by atoms with Gasteiger partial charge in [-0.05, 0) is 62.4 Å². The Hall–Kier alpha value is -2.67. The van der Waals surface area contributed by atoms with Gasteiger partial charge in [0.1, 0.15) is 5.82 Å². The summed E-state index contributed by atoms with van der Waals surface area (Å²) in [7, 11) is -2.71. The summed E-state index contributed by atoms with van der Waals surface area (Å²) in [6, 6.07) is 11.5. The Morgan fingerprint density at radius 3 is 2.66 bits per heavy atom. The minimum Gasteiger partial charge on any atom is -0.352 e. The Kier molecular flexibility index (Phi) is 6.69. The van der Waals surface area contributed by atoms with E-state index in [-0.39, 0.29) is 22.1 Å². The number of nitrogens with one attached hydrogen (secondary N) is 1. The molecule has 1 N–H and O–H groups in total. The molecule has 0 heterocycles. The highest BCUT2D eigenvalue weighted by Gasteiger charge is 2.24. The maximum atomic E-state index is 14.0. The summed E-state index contributed by atoms with van der Waals surface area (Å²) < 4.78 is 40.7. The van der Waals surface area contributed by atoms with Crippen LogP contribution in [0, 0.1) is 5.82 Å². The molecule has 154 valence electrons. The summed E-state index contributed by atoms with van der Waals surface area (Å²) in [5.41, 5.74) is 1.56. The first kappa shape index (κ1) is 21.0. The van der Waals surface area contributed by atoms with Gasteiger partial charge in [-0.2, -0.15) is 0 Å². The molecular weight excluding hydrogens is 391 g/mol. The predicted molar refractivity (Wildman–Crippen MR) is 112 cm³/mol. The van der Waals surface area contributed by atoms with E-state index in [9.17, 15) is 17.6 Å². The number of allylic oxidation sites excluding steroid dienone is 1. The third kappa shape index (κ3) is 5.03. The first-order valence-corrected chi connectivity index (χ1v) is 11.1. The highest BCUT2D eigenvalue weighted by molar-refractivity contribution is 7.92. The summed E-state index contributed by atoms with van der Waals surface area (Å²) in [4.78, 5) is 12.4. The Morgan fingerprint density at radius 2 is 1.93 bits per heavy atom. The first-order valence-electron chi connectivity index (χ1n) is 9.69. The van der Waals surface area contributed by atoms with Gasteiger partial charge in [0.15, 0.2) is 0 Å². The van der Waals surface area contributed by atoms with Crippen LogP contribution >= 0.6 is 0 Å². The van der Waals surface area contributed by atoms with Crippen LogP contribution in [0.15, 0.2) is 65.1 Å². The van der Waals surface area contributed by atoms with E-state index in [1.54, 1.807) is 12.1 Å².